The first-order valence-corrected chi connectivity index (χ1v) is 6.22. The van der Waals surface area contributed by atoms with Crippen molar-refractivity contribution in [1.29, 1.82) is 0 Å². The van der Waals surface area contributed by atoms with Crippen molar-refractivity contribution in [3.63, 3.8) is 0 Å². The minimum absolute atomic E-state index is 0.142. The van der Waals surface area contributed by atoms with Gasteiger partial charge in [0.15, 0.2) is 0 Å². The van der Waals surface area contributed by atoms with Gasteiger partial charge in [-0.2, -0.15) is 0 Å². The molecule has 0 unspecified atom stereocenters. The van der Waals surface area contributed by atoms with Crippen LogP contribution in [0, 0.1) is 0 Å². The minimum Gasteiger partial charge on any atom is -0.477 e. The number of hydrogen-bond acceptors (Lipinski definition) is 4. The Bertz CT molecular complexity index is 499. The van der Waals surface area contributed by atoms with E-state index in [2.05, 4.69) is 4.98 Å². The van der Waals surface area contributed by atoms with Gasteiger partial charge in [-0.25, -0.2) is 9.78 Å². The molecule has 20 heavy (non-hydrogen) atoms. The maximum absolute atomic E-state index is 12.2. The molecule has 1 aromatic heterocycles. The molecular formula is C13H17N3O4. The van der Waals surface area contributed by atoms with Crippen molar-refractivity contribution in [3.05, 3.63) is 29.6 Å². The third-order valence-corrected chi connectivity index (χ3v) is 2.65. The number of aromatic carboxylic acids is 1. The van der Waals surface area contributed by atoms with Crippen LogP contribution >= 0.6 is 0 Å². The summed E-state index contributed by atoms with van der Waals surface area (Å²) in [6, 6.07) is 2.62. The maximum Gasteiger partial charge on any atom is 0.354 e. The first-order valence-electron chi connectivity index (χ1n) is 6.22. The molecule has 1 aromatic rings. The number of carbonyl (C=O) groups is 3. The van der Waals surface area contributed by atoms with Crippen LogP contribution in [0.3, 0.4) is 0 Å². The highest BCUT2D eigenvalue weighted by Gasteiger charge is 2.18. The van der Waals surface area contributed by atoms with Crippen LogP contribution in [0.2, 0.25) is 0 Å². The van der Waals surface area contributed by atoms with Crippen LogP contribution in [0.15, 0.2) is 18.3 Å². The molecule has 0 fully saturated rings. The Balaban J connectivity index is 2.87. The van der Waals surface area contributed by atoms with Crippen LogP contribution in [0.25, 0.3) is 0 Å². The molecule has 2 amide bonds. The second-order valence-electron chi connectivity index (χ2n) is 4.28. The average molecular weight is 279 g/mol. The lowest BCUT2D eigenvalue weighted by Gasteiger charge is -2.20. The number of hydrogen-bond donors (Lipinski definition) is 2. The highest BCUT2D eigenvalue weighted by molar-refractivity contribution is 5.96. The van der Waals surface area contributed by atoms with E-state index in [1.165, 1.54) is 23.2 Å². The van der Waals surface area contributed by atoms with Crippen LogP contribution < -0.4 is 5.73 Å². The number of rotatable bonds is 7. The summed E-state index contributed by atoms with van der Waals surface area (Å²) in [7, 11) is 0. The summed E-state index contributed by atoms with van der Waals surface area (Å²) < 4.78 is 0. The molecule has 0 radical (unpaired) electrons. The number of amides is 2. The van der Waals surface area contributed by atoms with Gasteiger partial charge in [0.1, 0.15) is 5.69 Å². The fourth-order valence-electron chi connectivity index (χ4n) is 1.62. The van der Waals surface area contributed by atoms with E-state index in [4.69, 9.17) is 10.8 Å². The lowest BCUT2D eigenvalue weighted by atomic mass is 10.2. The molecule has 3 N–H and O–H groups in total. The van der Waals surface area contributed by atoms with Crippen LogP contribution in [0.1, 0.15) is 40.6 Å². The van der Waals surface area contributed by atoms with Gasteiger partial charge in [-0.3, -0.25) is 9.59 Å². The summed E-state index contributed by atoms with van der Waals surface area (Å²) in [5.74, 6) is -2.14. The highest BCUT2D eigenvalue weighted by atomic mass is 16.4. The third kappa shape index (κ3) is 4.34. The van der Waals surface area contributed by atoms with E-state index >= 15 is 0 Å². The molecule has 0 saturated heterocycles. The molecule has 0 atom stereocenters. The van der Waals surface area contributed by atoms with Crippen LogP contribution in [0.5, 0.6) is 0 Å². The number of nitrogens with zero attached hydrogens (tertiary/aromatic N) is 2. The summed E-state index contributed by atoms with van der Waals surface area (Å²) in [5.41, 5.74) is 5.21. The van der Waals surface area contributed by atoms with Crippen molar-refractivity contribution in [2.24, 2.45) is 5.73 Å². The number of carboxylic acid groups (broad SMARTS) is 1. The first-order chi connectivity index (χ1) is 9.45. The monoisotopic (exact) mass is 279 g/mol. The van der Waals surface area contributed by atoms with Gasteiger partial charge >= 0.3 is 5.97 Å². The second kappa shape index (κ2) is 7.22. The van der Waals surface area contributed by atoms with E-state index in [1.54, 1.807) is 0 Å². The van der Waals surface area contributed by atoms with Gasteiger partial charge in [-0.05, 0) is 18.6 Å². The zero-order valence-electron chi connectivity index (χ0n) is 11.2. The lowest BCUT2D eigenvalue weighted by molar-refractivity contribution is -0.118. The van der Waals surface area contributed by atoms with Gasteiger partial charge in [-0.15, -0.1) is 0 Å². The van der Waals surface area contributed by atoms with Gasteiger partial charge in [0.2, 0.25) is 5.91 Å². The molecule has 1 heterocycles. The van der Waals surface area contributed by atoms with Crippen molar-refractivity contribution in [1.82, 2.24) is 9.88 Å². The van der Waals surface area contributed by atoms with Gasteiger partial charge in [0, 0.05) is 12.7 Å². The van der Waals surface area contributed by atoms with Crippen LogP contribution in [0.4, 0.5) is 0 Å². The van der Waals surface area contributed by atoms with E-state index < -0.39 is 11.9 Å². The third-order valence-electron chi connectivity index (χ3n) is 2.65. The molecular weight excluding hydrogens is 262 g/mol. The zero-order chi connectivity index (χ0) is 15.1. The van der Waals surface area contributed by atoms with Crippen molar-refractivity contribution in [3.8, 4) is 0 Å². The number of pyridine rings is 1. The molecule has 7 heteroatoms. The Hall–Kier alpha value is -2.44. The van der Waals surface area contributed by atoms with Crippen LogP contribution in [-0.2, 0) is 4.79 Å². The lowest BCUT2D eigenvalue weighted by Crippen LogP contribution is -2.39. The van der Waals surface area contributed by atoms with Crippen molar-refractivity contribution >= 4 is 17.8 Å². The first kappa shape index (κ1) is 15.6. The standard InChI is InChI=1S/C13H17N3O4/c1-2-3-6-16(8-11(14)17)12(18)9-4-5-10(13(19)20)15-7-9/h4-5,7H,2-3,6,8H2,1H3,(H2,14,17)(H,19,20). The number of aromatic nitrogens is 1. The Morgan fingerprint density at radius 1 is 1.35 bits per heavy atom. The summed E-state index contributed by atoms with van der Waals surface area (Å²) in [6.07, 6.45) is 2.81. The molecule has 0 spiro atoms. The normalized spacial score (nSPS) is 10.1. The number of nitrogens with two attached hydrogens (primary N) is 1. The van der Waals surface area contributed by atoms with E-state index in [9.17, 15) is 14.4 Å². The predicted molar refractivity (Wildman–Crippen MR) is 71.2 cm³/mol. The minimum atomic E-state index is -1.16. The molecule has 0 bridgehead atoms. The zero-order valence-corrected chi connectivity index (χ0v) is 11.2. The fourth-order valence-corrected chi connectivity index (χ4v) is 1.62. The van der Waals surface area contributed by atoms with Crippen molar-refractivity contribution < 1.29 is 19.5 Å². The topological polar surface area (TPSA) is 114 Å². The molecule has 0 aliphatic heterocycles. The number of primary amides is 1. The van der Waals surface area contributed by atoms with Gasteiger partial charge in [0.25, 0.3) is 5.91 Å². The Labute approximate surface area is 116 Å². The van der Waals surface area contributed by atoms with Crippen LogP contribution in [-0.4, -0.2) is 45.9 Å². The SMILES string of the molecule is CCCCN(CC(N)=O)C(=O)c1ccc(C(=O)O)nc1. The fraction of sp³-hybridized carbons (Fsp3) is 0.385. The average Bonchev–Trinajstić information content (AvgIpc) is 2.42. The Kier molecular flexibility index (Phi) is 5.64. The van der Waals surface area contributed by atoms with E-state index in [-0.39, 0.29) is 23.7 Å². The Morgan fingerprint density at radius 3 is 2.50 bits per heavy atom. The smallest absolute Gasteiger partial charge is 0.354 e. The number of carbonyl (C=O) groups excluding carboxylic acids is 2. The molecule has 0 aromatic carbocycles. The van der Waals surface area contributed by atoms with Gasteiger partial charge in [-0.1, -0.05) is 13.3 Å². The van der Waals surface area contributed by atoms with E-state index in [1.807, 2.05) is 6.92 Å². The van der Waals surface area contributed by atoms with Gasteiger partial charge in [0.05, 0.1) is 12.1 Å². The largest absolute Gasteiger partial charge is 0.477 e. The summed E-state index contributed by atoms with van der Waals surface area (Å²) >= 11 is 0. The number of unbranched alkanes of at least 4 members (excludes halogenated alkanes) is 1. The van der Waals surface area contributed by atoms with Crippen molar-refractivity contribution in [2.45, 2.75) is 19.8 Å². The predicted octanol–water partition coefficient (Wildman–Crippen LogP) is 0.507. The molecule has 108 valence electrons. The summed E-state index contributed by atoms with van der Waals surface area (Å²) in [4.78, 5) is 38.9. The molecule has 0 aliphatic rings. The molecule has 0 aliphatic carbocycles. The number of carboxylic acids is 1. The second-order valence-corrected chi connectivity index (χ2v) is 4.28. The summed E-state index contributed by atoms with van der Waals surface area (Å²) in [6.45, 7) is 2.22. The molecule has 0 saturated carbocycles. The molecule has 1 rings (SSSR count). The van der Waals surface area contributed by atoms with Gasteiger partial charge < -0.3 is 15.7 Å². The van der Waals surface area contributed by atoms with E-state index in [0.717, 1.165) is 12.8 Å². The maximum atomic E-state index is 12.2. The van der Waals surface area contributed by atoms with Crippen molar-refractivity contribution in [2.75, 3.05) is 13.1 Å². The molecule has 7 nitrogen and oxygen atoms in total. The quantitative estimate of drug-likeness (QED) is 0.754. The highest BCUT2D eigenvalue weighted by Crippen LogP contribution is 2.06. The summed E-state index contributed by atoms with van der Waals surface area (Å²) in [5, 5.41) is 8.74. The van der Waals surface area contributed by atoms with E-state index in [0.29, 0.717) is 6.54 Å². The Morgan fingerprint density at radius 2 is 2.05 bits per heavy atom.